The molecule has 0 saturated carbocycles. The second-order valence-electron chi connectivity index (χ2n) is 6.29. The van der Waals surface area contributed by atoms with Crippen LogP contribution in [0.25, 0.3) is 0 Å². The van der Waals surface area contributed by atoms with Gasteiger partial charge in [0, 0.05) is 13.1 Å². The van der Waals surface area contributed by atoms with E-state index >= 15 is 0 Å². The van der Waals surface area contributed by atoms with E-state index in [0.717, 1.165) is 13.1 Å². The van der Waals surface area contributed by atoms with Gasteiger partial charge in [-0.3, -0.25) is 4.90 Å². The van der Waals surface area contributed by atoms with E-state index in [1.54, 1.807) is 0 Å². The van der Waals surface area contributed by atoms with Gasteiger partial charge in [0.1, 0.15) is 18.2 Å². The Morgan fingerprint density at radius 2 is 1.87 bits per heavy atom. The molecule has 2 aliphatic heterocycles. The summed E-state index contributed by atoms with van der Waals surface area (Å²) in [5.41, 5.74) is 1.21. The molecule has 3 unspecified atom stereocenters. The number of allylic oxidation sites excluding steroid dienone is 2. The van der Waals surface area contributed by atoms with Crippen LogP contribution in [0.3, 0.4) is 0 Å². The minimum absolute atomic E-state index is 0.00311. The highest BCUT2D eigenvalue weighted by atomic mass is 16.8. The summed E-state index contributed by atoms with van der Waals surface area (Å²) in [4.78, 5) is 2.14. The molecule has 2 aliphatic rings. The van der Waals surface area contributed by atoms with E-state index in [1.807, 2.05) is 58.0 Å². The Morgan fingerprint density at radius 1 is 1.22 bits per heavy atom. The first kappa shape index (κ1) is 17.7. The monoisotopic (exact) mass is 314 g/mol. The molecule has 0 radical (unpaired) electrons. The molecule has 1 aromatic carbocycles. The fraction of sp³-hybridized carbons (Fsp3) is 0.526. The average Bonchev–Trinajstić information content (AvgIpc) is 2.99. The van der Waals surface area contributed by atoms with E-state index < -0.39 is 5.79 Å². The van der Waals surface area contributed by atoms with E-state index in [4.69, 9.17) is 9.47 Å². The number of ether oxygens (including phenoxy) is 2. The molecule has 0 aliphatic carbocycles. The zero-order valence-corrected chi connectivity index (χ0v) is 14.4. The lowest BCUT2D eigenvalue weighted by Gasteiger charge is -2.25. The van der Waals surface area contributed by atoms with Gasteiger partial charge in [0.15, 0.2) is 5.79 Å². The van der Waals surface area contributed by atoms with Crippen LogP contribution >= 0.6 is 0 Å². The van der Waals surface area contributed by atoms with Crippen molar-refractivity contribution in [1.29, 1.82) is 5.26 Å². The summed E-state index contributed by atoms with van der Waals surface area (Å²) >= 11 is 0. The predicted molar refractivity (Wildman–Crippen MR) is 90.6 cm³/mol. The summed E-state index contributed by atoms with van der Waals surface area (Å²) < 4.78 is 11.7. The van der Waals surface area contributed by atoms with Crippen LogP contribution < -0.4 is 0 Å². The summed E-state index contributed by atoms with van der Waals surface area (Å²) in [7, 11) is 0. The smallest absolute Gasteiger partial charge is 0.163 e. The fourth-order valence-electron chi connectivity index (χ4n) is 2.96. The maximum atomic E-state index is 9.40. The quantitative estimate of drug-likeness (QED) is 0.784. The Balaban J connectivity index is 0.000000433. The molecule has 124 valence electrons. The van der Waals surface area contributed by atoms with Gasteiger partial charge in [-0.2, -0.15) is 5.26 Å². The van der Waals surface area contributed by atoms with Gasteiger partial charge in [-0.1, -0.05) is 42.5 Å². The number of nitrogens with zero attached hydrogens (tertiary/aromatic N) is 2. The first-order chi connectivity index (χ1) is 11.0. The summed E-state index contributed by atoms with van der Waals surface area (Å²) in [5, 5.41) is 9.40. The fourth-order valence-corrected chi connectivity index (χ4v) is 2.96. The zero-order chi connectivity index (χ0) is 16.9. The van der Waals surface area contributed by atoms with Gasteiger partial charge in [-0.05, 0) is 33.3 Å². The van der Waals surface area contributed by atoms with Crippen LogP contribution in [0.4, 0.5) is 0 Å². The number of nitriles is 1. The normalized spacial score (nSPS) is 28.9. The number of hydrogen-bond donors (Lipinski definition) is 0. The van der Waals surface area contributed by atoms with Crippen molar-refractivity contribution < 1.29 is 9.47 Å². The third kappa shape index (κ3) is 4.42. The average molecular weight is 314 g/mol. The molecule has 0 amide bonds. The molecule has 0 N–H and O–H groups in total. The molecule has 4 heteroatoms. The van der Waals surface area contributed by atoms with Gasteiger partial charge >= 0.3 is 0 Å². The molecular formula is C19H26N2O2. The Bertz CT molecular complexity index is 558. The Hall–Kier alpha value is -1.67. The SMILES string of the molecule is C/C=C\C.CC1(C)OC2CN(Cc3ccccc3)C(C#N)C2O1. The highest BCUT2D eigenvalue weighted by molar-refractivity contribution is 5.17. The van der Waals surface area contributed by atoms with Crippen molar-refractivity contribution in [3.63, 3.8) is 0 Å². The molecule has 1 aromatic rings. The predicted octanol–water partition coefficient (Wildman–Crippen LogP) is 3.50. The lowest BCUT2D eigenvalue weighted by Crippen LogP contribution is -2.37. The number of likely N-dealkylation sites (tertiary alicyclic amines) is 1. The number of fused-ring (bicyclic) bond motifs is 1. The van der Waals surface area contributed by atoms with Crippen LogP contribution in [-0.2, 0) is 16.0 Å². The van der Waals surface area contributed by atoms with Gasteiger partial charge in [0.25, 0.3) is 0 Å². The topological polar surface area (TPSA) is 45.5 Å². The molecule has 2 fully saturated rings. The highest BCUT2D eigenvalue weighted by Crippen LogP contribution is 2.37. The van der Waals surface area contributed by atoms with E-state index in [-0.39, 0.29) is 18.2 Å². The van der Waals surface area contributed by atoms with Gasteiger partial charge in [-0.25, -0.2) is 0 Å². The first-order valence-corrected chi connectivity index (χ1v) is 8.11. The highest BCUT2D eigenvalue weighted by Gasteiger charge is 2.52. The molecule has 0 bridgehead atoms. The maximum absolute atomic E-state index is 9.40. The minimum Gasteiger partial charge on any atom is -0.343 e. The first-order valence-electron chi connectivity index (χ1n) is 8.11. The van der Waals surface area contributed by atoms with Crippen LogP contribution in [0.15, 0.2) is 42.5 Å². The van der Waals surface area contributed by atoms with Crippen molar-refractivity contribution in [1.82, 2.24) is 4.90 Å². The van der Waals surface area contributed by atoms with Crippen LogP contribution in [-0.4, -0.2) is 35.5 Å². The Labute approximate surface area is 139 Å². The Morgan fingerprint density at radius 3 is 2.43 bits per heavy atom. The van der Waals surface area contributed by atoms with Crippen molar-refractivity contribution in [2.75, 3.05) is 6.54 Å². The van der Waals surface area contributed by atoms with E-state index in [2.05, 4.69) is 23.1 Å². The van der Waals surface area contributed by atoms with Gasteiger partial charge in [-0.15, -0.1) is 0 Å². The van der Waals surface area contributed by atoms with Gasteiger partial charge < -0.3 is 9.47 Å². The van der Waals surface area contributed by atoms with Gasteiger partial charge in [0.2, 0.25) is 0 Å². The van der Waals surface area contributed by atoms with E-state index in [0.29, 0.717) is 0 Å². The number of hydrogen-bond acceptors (Lipinski definition) is 4. The second kappa shape index (κ2) is 7.74. The molecule has 23 heavy (non-hydrogen) atoms. The summed E-state index contributed by atoms with van der Waals surface area (Å²) in [6.45, 7) is 9.32. The molecule has 2 heterocycles. The molecule has 3 atom stereocenters. The summed E-state index contributed by atoms with van der Waals surface area (Å²) in [6.07, 6.45) is 3.87. The third-order valence-corrected chi connectivity index (χ3v) is 4.03. The third-order valence-electron chi connectivity index (χ3n) is 4.03. The van der Waals surface area contributed by atoms with Crippen molar-refractivity contribution in [3.05, 3.63) is 48.0 Å². The van der Waals surface area contributed by atoms with Gasteiger partial charge in [0.05, 0.1) is 6.07 Å². The molecule has 2 saturated heterocycles. The van der Waals surface area contributed by atoms with E-state index in [9.17, 15) is 5.26 Å². The lowest BCUT2D eigenvalue weighted by atomic mass is 10.1. The van der Waals surface area contributed by atoms with Crippen LogP contribution in [0.2, 0.25) is 0 Å². The Kier molecular flexibility index (Phi) is 5.95. The minimum atomic E-state index is -0.566. The zero-order valence-electron chi connectivity index (χ0n) is 14.4. The van der Waals surface area contributed by atoms with Crippen molar-refractivity contribution in [2.24, 2.45) is 0 Å². The molecular weight excluding hydrogens is 288 g/mol. The largest absolute Gasteiger partial charge is 0.343 e. The summed E-state index contributed by atoms with van der Waals surface area (Å²) in [5.74, 6) is -0.566. The van der Waals surface area contributed by atoms with Crippen molar-refractivity contribution >= 4 is 0 Å². The number of benzene rings is 1. The molecule has 0 spiro atoms. The summed E-state index contributed by atoms with van der Waals surface area (Å²) in [6, 6.07) is 12.3. The second-order valence-corrected chi connectivity index (χ2v) is 6.29. The van der Waals surface area contributed by atoms with Crippen molar-refractivity contribution in [2.45, 2.75) is 58.3 Å². The maximum Gasteiger partial charge on any atom is 0.163 e. The van der Waals surface area contributed by atoms with Crippen LogP contribution in [0, 0.1) is 11.3 Å². The standard InChI is InChI=1S/C15H18N2O2.C4H8/c1-15(2)18-13-10-17(12(8-16)14(13)19-15)9-11-6-4-3-5-7-11;1-3-4-2/h3-7,12-14H,9-10H2,1-2H3;3-4H,1-2H3/b;4-3-. The van der Waals surface area contributed by atoms with Crippen LogP contribution in [0.5, 0.6) is 0 Å². The van der Waals surface area contributed by atoms with E-state index in [1.165, 1.54) is 5.56 Å². The van der Waals surface area contributed by atoms with Crippen molar-refractivity contribution in [3.8, 4) is 6.07 Å². The number of rotatable bonds is 2. The lowest BCUT2D eigenvalue weighted by molar-refractivity contribution is -0.159. The van der Waals surface area contributed by atoms with Crippen LogP contribution in [0.1, 0.15) is 33.3 Å². The molecule has 4 nitrogen and oxygen atoms in total. The molecule has 0 aromatic heterocycles. The molecule has 3 rings (SSSR count).